The fourth-order valence-electron chi connectivity index (χ4n) is 6.02. The first kappa shape index (κ1) is 30.8. The molecule has 0 bridgehead atoms. The maximum Gasteiger partial charge on any atom is 0.355 e. The van der Waals surface area contributed by atoms with Crippen molar-refractivity contribution >= 4 is 50.7 Å². The van der Waals surface area contributed by atoms with Crippen LogP contribution in [0.4, 0.5) is 10.9 Å². The first-order valence-electron chi connectivity index (χ1n) is 15.5. The largest absolute Gasteiger partial charge is 0.476 e. The van der Waals surface area contributed by atoms with Gasteiger partial charge in [-0.25, -0.2) is 14.8 Å². The fourth-order valence-corrected chi connectivity index (χ4v) is 6.88. The Morgan fingerprint density at radius 1 is 0.938 bits per heavy atom. The lowest BCUT2D eigenvalue weighted by molar-refractivity contribution is -0.107. The maximum atomic E-state index is 13.5. The number of thiazole rings is 1. The highest BCUT2D eigenvalue weighted by Gasteiger charge is 2.25. The van der Waals surface area contributed by atoms with Gasteiger partial charge in [0.1, 0.15) is 23.6 Å². The molecule has 7 rings (SSSR count). The fraction of sp³-hybridized carbons (Fsp3) is 0.132. The first-order chi connectivity index (χ1) is 23.4. The quantitative estimate of drug-likeness (QED) is 0.152. The monoisotopic (exact) mass is 654 g/mol. The summed E-state index contributed by atoms with van der Waals surface area (Å²) in [6.45, 7) is 2.90. The van der Waals surface area contributed by atoms with E-state index in [2.05, 4.69) is 15.3 Å². The van der Waals surface area contributed by atoms with Crippen molar-refractivity contribution in [2.45, 2.75) is 26.3 Å². The summed E-state index contributed by atoms with van der Waals surface area (Å²) >= 11 is 1.43. The first-order valence-corrected chi connectivity index (χ1v) is 16.3. The van der Waals surface area contributed by atoms with Gasteiger partial charge in [0.2, 0.25) is 0 Å². The SMILES string of the molecule is Cc1c(Oc2ccc(CC=O)cc2)cccc1-c1ccc(N2CCc3cccc(C(=O)Nc4nc5ccccc5s4)c3C2)nc1C(=O)O. The van der Waals surface area contributed by atoms with Gasteiger partial charge >= 0.3 is 5.97 Å². The van der Waals surface area contributed by atoms with E-state index in [0.29, 0.717) is 65.1 Å². The van der Waals surface area contributed by atoms with Crippen LogP contribution in [0, 0.1) is 6.92 Å². The third-order valence-electron chi connectivity index (χ3n) is 8.48. The van der Waals surface area contributed by atoms with Gasteiger partial charge in [0, 0.05) is 30.6 Å². The number of benzene rings is 4. The van der Waals surface area contributed by atoms with Gasteiger partial charge in [-0.2, -0.15) is 0 Å². The molecule has 48 heavy (non-hydrogen) atoms. The topological polar surface area (TPSA) is 122 Å². The number of hydrogen-bond donors (Lipinski definition) is 2. The van der Waals surface area contributed by atoms with E-state index in [1.54, 1.807) is 18.2 Å². The highest BCUT2D eigenvalue weighted by Crippen LogP contribution is 2.36. The molecule has 9 nitrogen and oxygen atoms in total. The predicted octanol–water partition coefficient (Wildman–Crippen LogP) is 7.71. The second-order valence-corrected chi connectivity index (χ2v) is 12.5. The molecule has 10 heteroatoms. The van der Waals surface area contributed by atoms with Crippen molar-refractivity contribution < 1.29 is 24.2 Å². The molecule has 0 unspecified atom stereocenters. The van der Waals surface area contributed by atoms with E-state index in [9.17, 15) is 19.5 Å². The van der Waals surface area contributed by atoms with E-state index >= 15 is 0 Å². The van der Waals surface area contributed by atoms with Gasteiger partial charge in [0.05, 0.1) is 10.2 Å². The van der Waals surface area contributed by atoms with Crippen LogP contribution in [0.2, 0.25) is 0 Å². The minimum absolute atomic E-state index is 0.0707. The van der Waals surface area contributed by atoms with Gasteiger partial charge in [0.25, 0.3) is 5.91 Å². The van der Waals surface area contributed by atoms with E-state index in [1.165, 1.54) is 11.3 Å². The zero-order valence-electron chi connectivity index (χ0n) is 26.0. The average molecular weight is 655 g/mol. The van der Waals surface area contributed by atoms with E-state index in [1.807, 2.05) is 90.7 Å². The number of aldehydes is 1. The molecule has 0 spiro atoms. The number of carboxylic acids is 1. The number of nitrogens with zero attached hydrogens (tertiary/aromatic N) is 3. The molecule has 1 aliphatic rings. The Bertz CT molecular complexity index is 2160. The summed E-state index contributed by atoms with van der Waals surface area (Å²) in [6.07, 6.45) is 1.87. The Morgan fingerprint density at radius 2 is 1.75 bits per heavy atom. The van der Waals surface area contributed by atoms with Crippen molar-refractivity contribution in [1.29, 1.82) is 0 Å². The van der Waals surface area contributed by atoms with E-state index < -0.39 is 5.97 Å². The van der Waals surface area contributed by atoms with Gasteiger partial charge < -0.3 is 19.5 Å². The Morgan fingerprint density at radius 3 is 2.54 bits per heavy atom. The van der Waals surface area contributed by atoms with Gasteiger partial charge in [-0.05, 0) is 89.7 Å². The number of rotatable bonds is 9. The minimum Gasteiger partial charge on any atom is -0.476 e. The molecule has 1 aliphatic heterocycles. The number of carbonyl (C=O) groups excluding carboxylic acids is 2. The maximum absolute atomic E-state index is 13.5. The Labute approximate surface area is 280 Å². The number of aromatic carboxylic acids is 1. The van der Waals surface area contributed by atoms with Crippen molar-refractivity contribution in [2.75, 3.05) is 16.8 Å². The molecule has 0 aliphatic carbocycles. The number of anilines is 2. The van der Waals surface area contributed by atoms with Crippen molar-refractivity contribution in [1.82, 2.24) is 9.97 Å². The number of para-hydroxylation sites is 1. The number of carbonyl (C=O) groups is 3. The molecular weight excluding hydrogens is 625 g/mol. The molecule has 0 atom stereocenters. The predicted molar refractivity (Wildman–Crippen MR) is 186 cm³/mol. The average Bonchev–Trinajstić information content (AvgIpc) is 3.52. The van der Waals surface area contributed by atoms with Gasteiger partial charge in [-0.3, -0.25) is 10.1 Å². The van der Waals surface area contributed by atoms with Crippen molar-refractivity contribution in [2.24, 2.45) is 0 Å². The van der Waals surface area contributed by atoms with Crippen LogP contribution < -0.4 is 15.0 Å². The summed E-state index contributed by atoms with van der Waals surface area (Å²) in [5, 5.41) is 13.8. The van der Waals surface area contributed by atoms with Crippen molar-refractivity contribution in [3.8, 4) is 22.6 Å². The lowest BCUT2D eigenvalue weighted by Crippen LogP contribution is -2.33. The molecule has 0 fully saturated rings. The number of aromatic nitrogens is 2. The van der Waals surface area contributed by atoms with Crippen LogP contribution >= 0.6 is 11.3 Å². The number of amides is 1. The van der Waals surface area contributed by atoms with Gasteiger partial charge in [-0.1, -0.05) is 59.9 Å². The van der Waals surface area contributed by atoms with Crippen molar-refractivity contribution in [3.05, 3.63) is 131 Å². The molecule has 3 heterocycles. The molecule has 2 N–H and O–H groups in total. The molecule has 4 aromatic carbocycles. The lowest BCUT2D eigenvalue weighted by atomic mass is 9.94. The third-order valence-corrected chi connectivity index (χ3v) is 9.44. The standard InChI is InChI=1S/C38H30N4O5S/c1-23-27(7-5-10-32(23)47-26-14-12-24(13-15-26)19-21-43)28-16-17-34(40-35(28)37(45)46)42-20-18-25-6-4-8-29(30(25)22-42)36(44)41-38-39-31-9-2-3-11-33(31)48-38/h2-17,21H,18-20,22H2,1H3,(H,45,46)(H,39,41,44). The summed E-state index contributed by atoms with van der Waals surface area (Å²) in [7, 11) is 0. The van der Waals surface area contributed by atoms with Crippen LogP contribution in [0.3, 0.4) is 0 Å². The minimum atomic E-state index is -1.14. The summed E-state index contributed by atoms with van der Waals surface area (Å²) in [4.78, 5) is 48.1. The second kappa shape index (κ2) is 13.1. The number of ether oxygens (including phenoxy) is 1. The Kier molecular flexibility index (Phi) is 8.39. The van der Waals surface area contributed by atoms with Gasteiger partial charge in [0.15, 0.2) is 10.8 Å². The van der Waals surface area contributed by atoms with Crippen molar-refractivity contribution in [3.63, 3.8) is 0 Å². The smallest absolute Gasteiger partial charge is 0.355 e. The zero-order chi connectivity index (χ0) is 33.2. The number of hydrogen-bond acceptors (Lipinski definition) is 8. The second-order valence-electron chi connectivity index (χ2n) is 11.5. The summed E-state index contributed by atoms with van der Waals surface area (Å²) < 4.78 is 7.13. The summed E-state index contributed by atoms with van der Waals surface area (Å²) in [5.74, 6) is 0.327. The van der Waals surface area contributed by atoms with Crippen LogP contribution in [0.15, 0.2) is 97.1 Å². The Balaban J connectivity index is 1.14. The zero-order valence-corrected chi connectivity index (χ0v) is 26.8. The van der Waals surface area contributed by atoms with Crippen LogP contribution in [-0.2, 0) is 24.2 Å². The lowest BCUT2D eigenvalue weighted by Gasteiger charge is -2.31. The highest BCUT2D eigenvalue weighted by atomic mass is 32.1. The van der Waals surface area contributed by atoms with E-state index in [4.69, 9.17) is 4.74 Å². The molecule has 1 amide bonds. The third kappa shape index (κ3) is 6.13. The highest BCUT2D eigenvalue weighted by molar-refractivity contribution is 7.22. The molecule has 0 radical (unpaired) electrons. The Hall–Kier alpha value is -5.87. The van der Waals surface area contributed by atoms with E-state index in [-0.39, 0.29) is 11.6 Å². The molecule has 6 aromatic rings. The summed E-state index contributed by atoms with van der Waals surface area (Å²) in [5.41, 5.74) is 6.09. The van der Waals surface area contributed by atoms with Crippen LogP contribution in [0.1, 0.15) is 43.1 Å². The summed E-state index contributed by atoms with van der Waals surface area (Å²) in [6, 6.07) is 29.9. The van der Waals surface area contributed by atoms with Crippen LogP contribution in [-0.4, -0.2) is 39.8 Å². The molecular formula is C38H30N4O5S. The molecule has 0 saturated carbocycles. The molecule has 2 aromatic heterocycles. The number of carboxylic acid groups (broad SMARTS) is 1. The molecule has 238 valence electrons. The number of nitrogens with one attached hydrogen (secondary N) is 1. The molecule has 0 saturated heterocycles. The van der Waals surface area contributed by atoms with Crippen LogP contribution in [0.25, 0.3) is 21.3 Å². The number of pyridine rings is 1. The van der Waals surface area contributed by atoms with Gasteiger partial charge in [-0.15, -0.1) is 0 Å². The van der Waals surface area contributed by atoms with E-state index in [0.717, 1.165) is 38.8 Å². The number of fused-ring (bicyclic) bond motifs is 2. The normalized spacial score (nSPS) is 12.4. The van der Waals surface area contributed by atoms with Crippen LogP contribution in [0.5, 0.6) is 11.5 Å².